The van der Waals surface area contributed by atoms with Gasteiger partial charge in [-0.3, -0.25) is 0 Å². The minimum absolute atomic E-state index is 0.135. The molecule has 20 heavy (non-hydrogen) atoms. The van der Waals surface area contributed by atoms with Crippen LogP contribution in [0.1, 0.15) is 32.8 Å². The second kappa shape index (κ2) is 7.48. The smallest absolute Gasteiger partial charge is 0.163 e. The van der Waals surface area contributed by atoms with Gasteiger partial charge in [0.25, 0.3) is 0 Å². The SMILES string of the molecule is CCNCC(C)(C)CCc1cc(OC)c(OC)cc1F. The van der Waals surface area contributed by atoms with Crippen molar-refractivity contribution >= 4 is 0 Å². The Morgan fingerprint density at radius 3 is 2.30 bits per heavy atom. The van der Waals surface area contributed by atoms with Crippen LogP contribution < -0.4 is 14.8 Å². The Bertz CT molecular complexity index is 433. The second-order valence-electron chi connectivity index (χ2n) is 5.74. The van der Waals surface area contributed by atoms with E-state index in [1.54, 1.807) is 13.2 Å². The van der Waals surface area contributed by atoms with Gasteiger partial charge in [-0.2, -0.15) is 0 Å². The van der Waals surface area contributed by atoms with E-state index in [0.717, 1.165) is 19.5 Å². The van der Waals surface area contributed by atoms with Gasteiger partial charge in [-0.25, -0.2) is 4.39 Å². The lowest BCUT2D eigenvalue weighted by molar-refractivity contribution is 0.315. The summed E-state index contributed by atoms with van der Waals surface area (Å²) in [7, 11) is 3.07. The maximum Gasteiger partial charge on any atom is 0.163 e. The van der Waals surface area contributed by atoms with Gasteiger partial charge in [0.05, 0.1) is 14.2 Å². The van der Waals surface area contributed by atoms with Gasteiger partial charge in [-0.15, -0.1) is 0 Å². The topological polar surface area (TPSA) is 30.5 Å². The van der Waals surface area contributed by atoms with E-state index in [2.05, 4.69) is 26.1 Å². The van der Waals surface area contributed by atoms with Gasteiger partial charge in [-0.1, -0.05) is 20.8 Å². The van der Waals surface area contributed by atoms with Crippen molar-refractivity contribution in [3.63, 3.8) is 0 Å². The first kappa shape index (κ1) is 16.8. The molecule has 0 fully saturated rings. The van der Waals surface area contributed by atoms with Crippen molar-refractivity contribution in [1.82, 2.24) is 5.32 Å². The fourth-order valence-corrected chi connectivity index (χ4v) is 2.11. The molecule has 1 N–H and O–H groups in total. The van der Waals surface area contributed by atoms with Crippen molar-refractivity contribution < 1.29 is 13.9 Å². The van der Waals surface area contributed by atoms with E-state index in [1.807, 2.05) is 0 Å². The average Bonchev–Trinajstić information content (AvgIpc) is 2.43. The van der Waals surface area contributed by atoms with Crippen LogP contribution in [0.25, 0.3) is 0 Å². The van der Waals surface area contributed by atoms with E-state index in [1.165, 1.54) is 13.2 Å². The summed E-state index contributed by atoms with van der Waals surface area (Å²) in [6.45, 7) is 8.35. The molecule has 0 aliphatic heterocycles. The van der Waals surface area contributed by atoms with E-state index in [9.17, 15) is 4.39 Å². The highest BCUT2D eigenvalue weighted by atomic mass is 19.1. The molecule has 1 rings (SSSR count). The van der Waals surface area contributed by atoms with Crippen LogP contribution in [0, 0.1) is 11.2 Å². The molecule has 0 aromatic heterocycles. The van der Waals surface area contributed by atoms with Crippen LogP contribution in [0.5, 0.6) is 11.5 Å². The Balaban J connectivity index is 2.77. The van der Waals surface area contributed by atoms with E-state index in [0.29, 0.717) is 23.5 Å². The second-order valence-corrected chi connectivity index (χ2v) is 5.74. The largest absolute Gasteiger partial charge is 0.493 e. The number of nitrogens with one attached hydrogen (secondary N) is 1. The Morgan fingerprint density at radius 1 is 1.15 bits per heavy atom. The van der Waals surface area contributed by atoms with E-state index in [4.69, 9.17) is 9.47 Å². The molecule has 4 heteroatoms. The number of benzene rings is 1. The lowest BCUT2D eigenvalue weighted by Crippen LogP contribution is -2.29. The molecule has 0 amide bonds. The van der Waals surface area contributed by atoms with E-state index >= 15 is 0 Å². The third kappa shape index (κ3) is 4.67. The summed E-state index contributed by atoms with van der Waals surface area (Å²) in [4.78, 5) is 0. The number of ether oxygens (including phenoxy) is 2. The number of hydrogen-bond acceptors (Lipinski definition) is 3. The average molecular weight is 283 g/mol. The van der Waals surface area contributed by atoms with Crippen molar-refractivity contribution in [2.45, 2.75) is 33.6 Å². The van der Waals surface area contributed by atoms with Crippen LogP contribution in [0.2, 0.25) is 0 Å². The summed E-state index contributed by atoms with van der Waals surface area (Å²) in [6, 6.07) is 3.13. The molecule has 0 bridgehead atoms. The molecule has 0 aliphatic rings. The third-order valence-corrected chi connectivity index (χ3v) is 3.48. The van der Waals surface area contributed by atoms with Crippen LogP contribution >= 0.6 is 0 Å². The summed E-state index contributed by atoms with van der Waals surface area (Å²) in [5, 5.41) is 3.34. The summed E-state index contributed by atoms with van der Waals surface area (Å²) in [5.74, 6) is 0.774. The molecule has 0 aliphatic carbocycles. The fraction of sp³-hybridized carbons (Fsp3) is 0.625. The first-order valence-electron chi connectivity index (χ1n) is 7.04. The first-order chi connectivity index (χ1) is 9.43. The third-order valence-electron chi connectivity index (χ3n) is 3.48. The summed E-state index contributed by atoms with van der Waals surface area (Å²) in [6.07, 6.45) is 1.59. The molecule has 3 nitrogen and oxygen atoms in total. The lowest BCUT2D eigenvalue weighted by Gasteiger charge is -2.25. The molecule has 1 aromatic carbocycles. The van der Waals surface area contributed by atoms with Crippen LogP contribution in [-0.4, -0.2) is 27.3 Å². The summed E-state index contributed by atoms with van der Waals surface area (Å²) < 4.78 is 24.3. The van der Waals surface area contributed by atoms with Gasteiger partial charge in [-0.05, 0) is 36.4 Å². The summed E-state index contributed by atoms with van der Waals surface area (Å²) in [5.41, 5.74) is 0.808. The minimum atomic E-state index is -0.234. The van der Waals surface area contributed by atoms with Crippen molar-refractivity contribution in [3.8, 4) is 11.5 Å². The highest BCUT2D eigenvalue weighted by molar-refractivity contribution is 5.43. The number of hydrogen-bond donors (Lipinski definition) is 1. The standard InChI is InChI=1S/C16H26FNO2/c1-6-18-11-16(2,3)8-7-12-9-14(19-4)15(20-5)10-13(12)17/h9-10,18H,6-8,11H2,1-5H3. The zero-order valence-electron chi connectivity index (χ0n) is 13.2. The van der Waals surface area contributed by atoms with Gasteiger partial charge < -0.3 is 14.8 Å². The predicted octanol–water partition coefficient (Wildman–Crippen LogP) is 3.41. The van der Waals surface area contributed by atoms with Gasteiger partial charge in [0.15, 0.2) is 11.5 Å². The quantitative estimate of drug-likeness (QED) is 0.793. The van der Waals surface area contributed by atoms with Crippen LogP contribution in [-0.2, 0) is 6.42 Å². The predicted molar refractivity (Wildman–Crippen MR) is 80.1 cm³/mol. The molecule has 0 saturated heterocycles. The number of methoxy groups -OCH3 is 2. The molecular formula is C16H26FNO2. The van der Waals surface area contributed by atoms with Crippen molar-refractivity contribution in [2.75, 3.05) is 27.3 Å². The van der Waals surface area contributed by atoms with Gasteiger partial charge in [0, 0.05) is 12.6 Å². The number of halogens is 1. The van der Waals surface area contributed by atoms with Crippen LogP contribution in [0.3, 0.4) is 0 Å². The number of aryl methyl sites for hydroxylation is 1. The molecule has 0 heterocycles. The zero-order valence-corrected chi connectivity index (χ0v) is 13.2. The Labute approximate surface area is 121 Å². The Morgan fingerprint density at radius 2 is 1.75 bits per heavy atom. The maximum absolute atomic E-state index is 14.0. The van der Waals surface area contributed by atoms with Crippen LogP contribution in [0.4, 0.5) is 4.39 Å². The Hall–Kier alpha value is -1.29. The van der Waals surface area contributed by atoms with Gasteiger partial charge >= 0.3 is 0 Å². The highest BCUT2D eigenvalue weighted by Gasteiger charge is 2.19. The lowest BCUT2D eigenvalue weighted by atomic mass is 9.86. The monoisotopic (exact) mass is 283 g/mol. The normalized spacial score (nSPS) is 11.5. The van der Waals surface area contributed by atoms with Crippen molar-refractivity contribution in [2.24, 2.45) is 5.41 Å². The molecule has 0 saturated carbocycles. The molecule has 1 aromatic rings. The van der Waals surface area contributed by atoms with E-state index < -0.39 is 0 Å². The molecular weight excluding hydrogens is 257 g/mol. The van der Waals surface area contributed by atoms with Gasteiger partial charge in [0.2, 0.25) is 0 Å². The minimum Gasteiger partial charge on any atom is -0.493 e. The van der Waals surface area contributed by atoms with Crippen molar-refractivity contribution in [3.05, 3.63) is 23.5 Å². The summed E-state index contributed by atoms with van der Waals surface area (Å²) >= 11 is 0. The van der Waals surface area contributed by atoms with Gasteiger partial charge in [0.1, 0.15) is 5.82 Å². The molecule has 0 atom stereocenters. The Kier molecular flexibility index (Phi) is 6.27. The maximum atomic E-state index is 14.0. The molecule has 0 spiro atoms. The number of rotatable bonds is 8. The van der Waals surface area contributed by atoms with Crippen molar-refractivity contribution in [1.29, 1.82) is 0 Å². The molecule has 114 valence electrons. The fourth-order valence-electron chi connectivity index (χ4n) is 2.11. The first-order valence-corrected chi connectivity index (χ1v) is 7.04. The molecule has 0 radical (unpaired) electrons. The van der Waals surface area contributed by atoms with E-state index in [-0.39, 0.29) is 11.2 Å². The molecule has 0 unspecified atom stereocenters. The van der Waals surface area contributed by atoms with Crippen LogP contribution in [0.15, 0.2) is 12.1 Å². The zero-order chi connectivity index (χ0) is 15.2. The highest BCUT2D eigenvalue weighted by Crippen LogP contribution is 2.31.